The third kappa shape index (κ3) is 2.14. The van der Waals surface area contributed by atoms with Crippen LogP contribution in [0, 0.1) is 5.82 Å². The van der Waals surface area contributed by atoms with Crippen LogP contribution in [0.25, 0.3) is 10.1 Å². The summed E-state index contributed by atoms with van der Waals surface area (Å²) < 4.78 is 15.6. The highest BCUT2D eigenvalue weighted by Gasteiger charge is 2.20. The first-order valence-electron chi connectivity index (χ1n) is 5.60. The molecule has 3 nitrogen and oxygen atoms in total. The van der Waals surface area contributed by atoms with E-state index in [1.807, 2.05) is 0 Å². The van der Waals surface area contributed by atoms with Crippen molar-refractivity contribution >= 4 is 33.0 Å². The molecule has 2 heterocycles. The van der Waals surface area contributed by atoms with E-state index in [1.54, 1.807) is 19.2 Å². The van der Waals surface area contributed by atoms with Gasteiger partial charge in [-0.1, -0.05) is 11.6 Å². The van der Waals surface area contributed by atoms with E-state index in [0.29, 0.717) is 15.6 Å². The summed E-state index contributed by atoms with van der Waals surface area (Å²) in [5.74, 6) is -0.287. The van der Waals surface area contributed by atoms with Gasteiger partial charge >= 0.3 is 0 Å². The molecule has 0 fully saturated rings. The molecule has 0 bridgehead atoms. The Morgan fingerprint density at radius 1 is 1.42 bits per heavy atom. The number of nitrogens with zero attached hydrogens (tertiary/aromatic N) is 2. The van der Waals surface area contributed by atoms with Crippen LogP contribution in [-0.4, -0.2) is 14.9 Å². The molecule has 3 aromatic rings. The van der Waals surface area contributed by atoms with Crippen LogP contribution in [0.15, 0.2) is 30.5 Å². The summed E-state index contributed by atoms with van der Waals surface area (Å²) in [6.45, 7) is 0. The molecule has 1 atom stereocenters. The summed E-state index contributed by atoms with van der Waals surface area (Å²) in [4.78, 5) is 0.714. The predicted molar refractivity (Wildman–Crippen MR) is 74.1 cm³/mol. The second-order valence-corrected chi connectivity index (χ2v) is 5.76. The summed E-state index contributed by atoms with van der Waals surface area (Å²) in [5.41, 5.74) is 0.536. The van der Waals surface area contributed by atoms with Crippen LogP contribution < -0.4 is 0 Å². The van der Waals surface area contributed by atoms with Gasteiger partial charge < -0.3 is 5.11 Å². The Labute approximate surface area is 117 Å². The lowest BCUT2D eigenvalue weighted by molar-refractivity contribution is 0.213. The molecule has 0 aliphatic carbocycles. The third-order valence-corrected chi connectivity index (χ3v) is 4.42. The van der Waals surface area contributed by atoms with Crippen molar-refractivity contribution in [1.29, 1.82) is 0 Å². The van der Waals surface area contributed by atoms with Gasteiger partial charge in [0.1, 0.15) is 11.9 Å². The minimum Gasteiger partial charge on any atom is -0.381 e. The first-order valence-corrected chi connectivity index (χ1v) is 6.80. The fourth-order valence-corrected chi connectivity index (χ4v) is 3.34. The van der Waals surface area contributed by atoms with Crippen molar-refractivity contribution in [3.63, 3.8) is 0 Å². The smallest absolute Gasteiger partial charge is 0.131 e. The van der Waals surface area contributed by atoms with Crippen molar-refractivity contribution in [3.8, 4) is 0 Å². The van der Waals surface area contributed by atoms with Crippen molar-refractivity contribution in [2.75, 3.05) is 0 Å². The number of rotatable bonds is 2. The lowest BCUT2D eigenvalue weighted by Gasteiger charge is -2.09. The molecular formula is C13H10ClFN2OS. The normalized spacial score (nSPS) is 13.1. The van der Waals surface area contributed by atoms with Crippen molar-refractivity contribution < 1.29 is 9.50 Å². The van der Waals surface area contributed by atoms with E-state index in [0.717, 1.165) is 10.1 Å². The molecule has 1 unspecified atom stereocenters. The summed E-state index contributed by atoms with van der Waals surface area (Å²) in [6, 6.07) is 6.34. The van der Waals surface area contributed by atoms with E-state index in [4.69, 9.17) is 11.6 Å². The largest absolute Gasteiger partial charge is 0.381 e. The highest BCUT2D eigenvalue weighted by Crippen LogP contribution is 2.35. The van der Waals surface area contributed by atoms with E-state index >= 15 is 0 Å². The van der Waals surface area contributed by atoms with E-state index in [-0.39, 0.29) is 5.82 Å². The van der Waals surface area contributed by atoms with Gasteiger partial charge in [-0.15, -0.1) is 11.3 Å². The minimum absolute atomic E-state index is 0.287. The highest BCUT2D eigenvalue weighted by molar-refractivity contribution is 7.19. The van der Waals surface area contributed by atoms with Crippen LogP contribution in [0.2, 0.25) is 5.02 Å². The Morgan fingerprint density at radius 3 is 2.89 bits per heavy atom. The first kappa shape index (κ1) is 12.6. The number of aliphatic hydroxyl groups is 1. The molecule has 1 aromatic carbocycles. The molecule has 1 N–H and O–H groups in total. The molecule has 3 rings (SSSR count). The van der Waals surface area contributed by atoms with Crippen LogP contribution in [0.5, 0.6) is 0 Å². The number of thiophene rings is 1. The van der Waals surface area contributed by atoms with E-state index in [9.17, 15) is 9.50 Å². The van der Waals surface area contributed by atoms with Gasteiger partial charge in [0.15, 0.2) is 0 Å². The first-order chi connectivity index (χ1) is 9.06. The van der Waals surface area contributed by atoms with E-state index < -0.39 is 6.10 Å². The fourth-order valence-electron chi connectivity index (χ4n) is 2.03. The number of fused-ring (bicyclic) bond motifs is 1. The topological polar surface area (TPSA) is 38.0 Å². The van der Waals surface area contributed by atoms with Gasteiger partial charge in [-0.3, -0.25) is 4.68 Å². The average Bonchev–Trinajstić information content (AvgIpc) is 2.92. The van der Waals surface area contributed by atoms with Crippen LogP contribution >= 0.6 is 22.9 Å². The van der Waals surface area contributed by atoms with Gasteiger partial charge in [0.05, 0.1) is 16.9 Å². The quantitative estimate of drug-likeness (QED) is 0.786. The molecule has 0 saturated heterocycles. The third-order valence-electron chi connectivity index (χ3n) is 2.96. The highest BCUT2D eigenvalue weighted by atomic mass is 35.5. The lowest BCUT2D eigenvalue weighted by Crippen LogP contribution is -2.05. The molecule has 0 amide bonds. The molecule has 2 aromatic heterocycles. The number of aliphatic hydroxyl groups excluding tert-OH is 1. The second kappa shape index (κ2) is 4.59. The van der Waals surface area contributed by atoms with Crippen molar-refractivity contribution in [1.82, 2.24) is 9.78 Å². The zero-order valence-corrected chi connectivity index (χ0v) is 11.5. The van der Waals surface area contributed by atoms with Crippen LogP contribution in [0.4, 0.5) is 4.39 Å². The van der Waals surface area contributed by atoms with Crippen LogP contribution in [0.3, 0.4) is 0 Å². The molecule has 0 aliphatic heterocycles. The number of aryl methyl sites for hydroxylation is 1. The Morgan fingerprint density at radius 2 is 2.21 bits per heavy atom. The lowest BCUT2D eigenvalue weighted by atomic mass is 10.2. The standard InChI is InChI=1S/C13H10ClFN2OS/c1-17-12(9(14)6-16-17)13(18)11-5-7-4-8(15)2-3-10(7)19-11/h2-6,13,18H,1H3. The Balaban J connectivity index is 2.09. The van der Waals surface area contributed by atoms with Crippen LogP contribution in [-0.2, 0) is 7.05 Å². The number of benzene rings is 1. The number of aromatic nitrogens is 2. The summed E-state index contributed by atoms with van der Waals surface area (Å²) in [6.07, 6.45) is 0.632. The van der Waals surface area contributed by atoms with Crippen LogP contribution in [0.1, 0.15) is 16.7 Å². The molecule has 19 heavy (non-hydrogen) atoms. The second-order valence-electron chi connectivity index (χ2n) is 4.23. The number of halogens is 2. The zero-order valence-electron chi connectivity index (χ0n) is 9.97. The number of hydrogen-bond donors (Lipinski definition) is 1. The summed E-state index contributed by atoms with van der Waals surface area (Å²) in [7, 11) is 1.72. The molecule has 0 radical (unpaired) electrons. The zero-order chi connectivity index (χ0) is 13.6. The van der Waals surface area contributed by atoms with Gasteiger partial charge in [-0.25, -0.2) is 4.39 Å². The van der Waals surface area contributed by atoms with Gasteiger partial charge in [0.25, 0.3) is 0 Å². The maximum atomic E-state index is 13.2. The predicted octanol–water partition coefficient (Wildman–Crippen LogP) is 3.51. The Hall–Kier alpha value is -1.43. The Bertz CT molecular complexity index is 733. The van der Waals surface area contributed by atoms with Crippen molar-refractivity contribution in [2.24, 2.45) is 7.05 Å². The molecule has 6 heteroatoms. The van der Waals surface area contributed by atoms with Gasteiger partial charge in [0, 0.05) is 16.6 Å². The molecule has 0 saturated carbocycles. The van der Waals surface area contributed by atoms with Gasteiger partial charge in [0.2, 0.25) is 0 Å². The SMILES string of the molecule is Cn1ncc(Cl)c1C(O)c1cc2cc(F)ccc2s1. The molecular weight excluding hydrogens is 287 g/mol. The summed E-state index contributed by atoms with van der Waals surface area (Å²) in [5, 5.41) is 15.6. The fraction of sp³-hybridized carbons (Fsp3) is 0.154. The maximum absolute atomic E-state index is 13.2. The van der Waals surface area contributed by atoms with E-state index in [2.05, 4.69) is 5.10 Å². The van der Waals surface area contributed by atoms with E-state index in [1.165, 1.54) is 34.3 Å². The Kier molecular flexibility index (Phi) is 3.05. The van der Waals surface area contributed by atoms with Crippen molar-refractivity contribution in [3.05, 3.63) is 51.9 Å². The molecule has 0 aliphatic rings. The summed E-state index contributed by atoms with van der Waals surface area (Å²) >= 11 is 7.43. The van der Waals surface area contributed by atoms with Gasteiger partial charge in [-0.2, -0.15) is 5.10 Å². The monoisotopic (exact) mass is 296 g/mol. The maximum Gasteiger partial charge on any atom is 0.131 e. The minimum atomic E-state index is -0.861. The number of hydrogen-bond acceptors (Lipinski definition) is 3. The average molecular weight is 297 g/mol. The molecule has 0 spiro atoms. The van der Waals surface area contributed by atoms with Crippen molar-refractivity contribution in [2.45, 2.75) is 6.10 Å². The van der Waals surface area contributed by atoms with Gasteiger partial charge in [-0.05, 0) is 29.7 Å². The molecule has 98 valence electrons.